The maximum atomic E-state index is 12.2. The lowest BCUT2D eigenvalue weighted by atomic mass is 10.0. The fourth-order valence-electron chi connectivity index (χ4n) is 2.50. The third-order valence-corrected chi connectivity index (χ3v) is 4.13. The number of nitrogens with zero attached hydrogens (tertiary/aromatic N) is 3. The molecule has 1 aromatic heterocycles. The highest BCUT2D eigenvalue weighted by molar-refractivity contribution is 9.10. The third kappa shape index (κ3) is 3.20. The molecule has 5 heteroatoms. The van der Waals surface area contributed by atoms with Crippen molar-refractivity contribution >= 4 is 21.6 Å². The summed E-state index contributed by atoms with van der Waals surface area (Å²) in [6, 6.07) is 1.93. The molecule has 1 fully saturated rings. The molecule has 0 spiro atoms. The molecule has 0 radical (unpaired) electrons. The molecule has 4 nitrogen and oxygen atoms in total. The molecular formula is C14H22BrN3O. The minimum atomic E-state index is 0.0763. The van der Waals surface area contributed by atoms with Crippen molar-refractivity contribution in [3.8, 4) is 0 Å². The van der Waals surface area contributed by atoms with Gasteiger partial charge in [-0.15, -0.1) is 0 Å². The fraction of sp³-hybridized carbons (Fsp3) is 0.643. The van der Waals surface area contributed by atoms with Crippen molar-refractivity contribution in [1.29, 1.82) is 0 Å². The molecule has 0 N–H and O–H groups in total. The number of aryl methyl sites for hydroxylation is 1. The second-order valence-electron chi connectivity index (χ2n) is 6.10. The summed E-state index contributed by atoms with van der Waals surface area (Å²) in [7, 11) is 1.79. The summed E-state index contributed by atoms with van der Waals surface area (Å²) in [5.41, 5.74) is 1.08. The molecular weight excluding hydrogens is 306 g/mol. The summed E-state index contributed by atoms with van der Waals surface area (Å²) in [6.45, 7) is 10.5. The molecule has 1 saturated heterocycles. The van der Waals surface area contributed by atoms with Crippen LogP contribution in [0.1, 0.15) is 20.8 Å². The molecule has 0 aliphatic carbocycles. The Morgan fingerprint density at radius 1 is 1.16 bits per heavy atom. The van der Waals surface area contributed by atoms with Crippen LogP contribution in [0.3, 0.4) is 0 Å². The van der Waals surface area contributed by atoms with Gasteiger partial charge in [0.2, 0.25) is 0 Å². The van der Waals surface area contributed by atoms with Crippen molar-refractivity contribution in [2.75, 3.05) is 31.1 Å². The highest BCUT2D eigenvalue weighted by atomic mass is 79.9. The van der Waals surface area contributed by atoms with Crippen LogP contribution in [0.25, 0.3) is 0 Å². The van der Waals surface area contributed by atoms with E-state index in [-0.39, 0.29) is 11.1 Å². The van der Waals surface area contributed by atoms with E-state index in [2.05, 4.69) is 46.5 Å². The van der Waals surface area contributed by atoms with E-state index in [9.17, 15) is 4.79 Å². The summed E-state index contributed by atoms with van der Waals surface area (Å²) < 4.78 is 2.58. The number of rotatable bonds is 1. The van der Waals surface area contributed by atoms with Gasteiger partial charge >= 0.3 is 0 Å². The first-order valence-corrected chi connectivity index (χ1v) is 7.44. The third-order valence-electron chi connectivity index (χ3n) is 3.70. The van der Waals surface area contributed by atoms with Crippen LogP contribution in [0, 0.1) is 0 Å². The molecule has 1 aliphatic heterocycles. The molecule has 2 rings (SSSR count). The molecule has 19 heavy (non-hydrogen) atoms. The number of hydrogen-bond donors (Lipinski definition) is 0. The van der Waals surface area contributed by atoms with Gasteiger partial charge in [0, 0.05) is 49.4 Å². The van der Waals surface area contributed by atoms with Gasteiger partial charge in [0.25, 0.3) is 5.56 Å². The van der Waals surface area contributed by atoms with Crippen LogP contribution in [0.15, 0.2) is 21.5 Å². The van der Waals surface area contributed by atoms with E-state index in [1.807, 2.05) is 6.07 Å². The van der Waals surface area contributed by atoms with E-state index in [1.54, 1.807) is 17.8 Å². The van der Waals surface area contributed by atoms with Crippen LogP contribution >= 0.6 is 15.9 Å². The van der Waals surface area contributed by atoms with Crippen LogP contribution in [0.5, 0.6) is 0 Å². The van der Waals surface area contributed by atoms with E-state index >= 15 is 0 Å². The standard InChI is InChI=1S/C14H22BrN3O/c1-14(2,3)18-7-5-17(6-8-18)12-9-11(15)10-16(4)13(12)19/h9-10H,5-8H2,1-4H3. The van der Waals surface area contributed by atoms with Gasteiger partial charge in [-0.1, -0.05) is 0 Å². The smallest absolute Gasteiger partial charge is 0.273 e. The van der Waals surface area contributed by atoms with E-state index in [1.165, 1.54) is 0 Å². The number of piperazine rings is 1. The molecule has 1 aliphatic rings. The Morgan fingerprint density at radius 2 is 1.74 bits per heavy atom. The first-order valence-electron chi connectivity index (χ1n) is 6.65. The zero-order valence-corrected chi connectivity index (χ0v) is 13.7. The summed E-state index contributed by atoms with van der Waals surface area (Å²) in [6.07, 6.45) is 1.80. The van der Waals surface area contributed by atoms with Crippen molar-refractivity contribution in [2.24, 2.45) is 7.05 Å². The summed E-state index contributed by atoms with van der Waals surface area (Å²) in [5.74, 6) is 0. The second-order valence-corrected chi connectivity index (χ2v) is 7.02. The first kappa shape index (κ1) is 14.6. The van der Waals surface area contributed by atoms with Gasteiger partial charge in [-0.2, -0.15) is 0 Å². The van der Waals surface area contributed by atoms with Gasteiger partial charge in [0.05, 0.1) is 0 Å². The molecule has 1 aromatic rings. The quantitative estimate of drug-likeness (QED) is 0.790. The summed E-state index contributed by atoms with van der Waals surface area (Å²) in [5, 5.41) is 0. The van der Waals surface area contributed by atoms with Gasteiger partial charge in [0.1, 0.15) is 5.69 Å². The first-order chi connectivity index (χ1) is 8.79. The van der Waals surface area contributed by atoms with Gasteiger partial charge in [-0.25, -0.2) is 0 Å². The minimum Gasteiger partial charge on any atom is -0.364 e. The van der Waals surface area contributed by atoms with Crippen LogP contribution in [0.2, 0.25) is 0 Å². The summed E-state index contributed by atoms with van der Waals surface area (Å²) in [4.78, 5) is 16.8. The number of aromatic nitrogens is 1. The SMILES string of the molecule is Cn1cc(Br)cc(N2CCN(C(C)(C)C)CC2)c1=O. The fourth-order valence-corrected chi connectivity index (χ4v) is 3.02. The van der Waals surface area contributed by atoms with Crippen LogP contribution in [0.4, 0.5) is 5.69 Å². The molecule has 0 atom stereocenters. The van der Waals surface area contributed by atoms with Crippen LogP contribution < -0.4 is 10.5 Å². The largest absolute Gasteiger partial charge is 0.364 e. The maximum Gasteiger partial charge on any atom is 0.273 e. The molecule has 0 unspecified atom stereocenters. The van der Waals surface area contributed by atoms with Crippen LogP contribution in [-0.2, 0) is 7.05 Å². The Labute approximate surface area is 123 Å². The second kappa shape index (κ2) is 5.29. The average molecular weight is 328 g/mol. The lowest BCUT2D eigenvalue weighted by Crippen LogP contribution is -2.54. The topological polar surface area (TPSA) is 28.5 Å². The minimum absolute atomic E-state index is 0.0763. The average Bonchev–Trinajstić information content (AvgIpc) is 2.33. The van der Waals surface area contributed by atoms with Gasteiger partial charge in [-0.3, -0.25) is 9.69 Å². The molecule has 0 amide bonds. The van der Waals surface area contributed by atoms with Crippen molar-refractivity contribution in [2.45, 2.75) is 26.3 Å². The highest BCUT2D eigenvalue weighted by Gasteiger charge is 2.26. The zero-order valence-electron chi connectivity index (χ0n) is 12.1. The zero-order chi connectivity index (χ0) is 14.2. The number of hydrogen-bond acceptors (Lipinski definition) is 3. The Morgan fingerprint density at radius 3 is 2.26 bits per heavy atom. The van der Waals surface area contributed by atoms with Crippen molar-refractivity contribution in [3.63, 3.8) is 0 Å². The van der Waals surface area contributed by atoms with Gasteiger partial charge in [-0.05, 0) is 42.8 Å². The van der Waals surface area contributed by atoms with E-state index < -0.39 is 0 Å². The molecule has 0 saturated carbocycles. The Hall–Kier alpha value is -0.810. The Kier molecular flexibility index (Phi) is 4.06. The normalized spacial score (nSPS) is 17.8. The van der Waals surface area contributed by atoms with Gasteiger partial charge in [0.15, 0.2) is 0 Å². The molecule has 2 heterocycles. The number of halogens is 1. The maximum absolute atomic E-state index is 12.2. The molecule has 0 aromatic carbocycles. The lowest BCUT2D eigenvalue weighted by molar-refractivity contribution is 0.128. The predicted octanol–water partition coefficient (Wildman–Crippen LogP) is 2.07. The van der Waals surface area contributed by atoms with E-state index in [4.69, 9.17) is 0 Å². The highest BCUT2D eigenvalue weighted by Crippen LogP contribution is 2.20. The Bertz CT molecular complexity index is 510. The Balaban J connectivity index is 2.17. The lowest BCUT2D eigenvalue weighted by Gasteiger charge is -2.42. The van der Waals surface area contributed by atoms with Crippen LogP contribution in [-0.4, -0.2) is 41.2 Å². The van der Waals surface area contributed by atoms with Crippen molar-refractivity contribution in [3.05, 3.63) is 27.1 Å². The van der Waals surface area contributed by atoms with E-state index in [0.29, 0.717) is 0 Å². The van der Waals surface area contributed by atoms with Gasteiger partial charge < -0.3 is 9.47 Å². The van der Waals surface area contributed by atoms with Crippen molar-refractivity contribution in [1.82, 2.24) is 9.47 Å². The molecule has 0 bridgehead atoms. The van der Waals surface area contributed by atoms with E-state index in [0.717, 1.165) is 36.3 Å². The monoisotopic (exact) mass is 327 g/mol. The number of anilines is 1. The summed E-state index contributed by atoms with van der Waals surface area (Å²) >= 11 is 3.46. The number of pyridine rings is 1. The predicted molar refractivity (Wildman–Crippen MR) is 82.9 cm³/mol. The van der Waals surface area contributed by atoms with Crippen molar-refractivity contribution < 1.29 is 0 Å². The molecule has 106 valence electrons.